The van der Waals surface area contributed by atoms with Gasteiger partial charge in [0.25, 0.3) is 11.5 Å². The number of hydrogen-bond acceptors (Lipinski definition) is 6. The summed E-state index contributed by atoms with van der Waals surface area (Å²) in [7, 11) is 3.13. The van der Waals surface area contributed by atoms with Crippen LogP contribution in [-0.2, 0) is 25.4 Å². The first kappa shape index (κ1) is 23.6. The third-order valence-electron chi connectivity index (χ3n) is 5.44. The van der Waals surface area contributed by atoms with Crippen molar-refractivity contribution in [3.8, 4) is 0 Å². The van der Waals surface area contributed by atoms with Gasteiger partial charge in [0.05, 0.1) is 17.0 Å². The summed E-state index contributed by atoms with van der Waals surface area (Å²) in [5, 5.41) is 8.20. The number of piperazine rings is 1. The Hall–Kier alpha value is -3.11. The molecule has 1 aliphatic rings. The van der Waals surface area contributed by atoms with Crippen LogP contribution in [0.1, 0.15) is 6.92 Å². The summed E-state index contributed by atoms with van der Waals surface area (Å²) in [6, 6.07) is 7.92. The number of anilines is 1. The smallest absolute Gasteiger partial charge is 0.332 e. The molecule has 0 radical (unpaired) electrons. The van der Waals surface area contributed by atoms with Crippen LogP contribution in [0.5, 0.6) is 0 Å². The highest BCUT2D eigenvalue weighted by Crippen LogP contribution is 2.26. The van der Waals surface area contributed by atoms with Crippen molar-refractivity contribution in [2.75, 3.05) is 37.6 Å². The van der Waals surface area contributed by atoms with Gasteiger partial charge in [-0.15, -0.1) is 0 Å². The van der Waals surface area contributed by atoms with Crippen molar-refractivity contribution in [2.45, 2.75) is 13.5 Å². The van der Waals surface area contributed by atoms with Gasteiger partial charge in [-0.1, -0.05) is 23.7 Å². The number of carbonyl (C=O) groups is 1. The number of carboxylic acids is 1. The predicted octanol–water partition coefficient (Wildman–Crippen LogP) is 1.00. The Morgan fingerprint density at radius 2 is 1.69 bits per heavy atom. The minimum atomic E-state index is -0.833. The maximum absolute atomic E-state index is 12.5. The normalized spacial score (nSPS) is 14.3. The quantitative estimate of drug-likeness (QED) is 0.616. The lowest BCUT2D eigenvalue weighted by Crippen LogP contribution is -2.47. The van der Waals surface area contributed by atoms with Crippen LogP contribution in [0.25, 0.3) is 11.2 Å². The van der Waals surface area contributed by atoms with E-state index >= 15 is 0 Å². The van der Waals surface area contributed by atoms with E-state index < -0.39 is 5.97 Å². The van der Waals surface area contributed by atoms with Crippen molar-refractivity contribution >= 4 is 34.4 Å². The number of aromatic nitrogens is 4. The predicted molar refractivity (Wildman–Crippen MR) is 124 cm³/mol. The molecule has 0 atom stereocenters. The van der Waals surface area contributed by atoms with Gasteiger partial charge in [-0.3, -0.25) is 23.6 Å². The Morgan fingerprint density at radius 3 is 2.31 bits per heavy atom. The maximum Gasteiger partial charge on any atom is 0.332 e. The summed E-state index contributed by atoms with van der Waals surface area (Å²) in [6.07, 6.45) is 1.64. The number of hydrogen-bond donors (Lipinski definition) is 1. The molecule has 10 nitrogen and oxygen atoms in total. The zero-order valence-electron chi connectivity index (χ0n) is 18.4. The molecule has 1 saturated heterocycles. The van der Waals surface area contributed by atoms with Gasteiger partial charge in [0.15, 0.2) is 11.2 Å². The van der Waals surface area contributed by atoms with E-state index in [4.69, 9.17) is 21.5 Å². The van der Waals surface area contributed by atoms with Gasteiger partial charge in [0, 0.05) is 60.3 Å². The summed E-state index contributed by atoms with van der Waals surface area (Å²) < 4.78 is 4.38. The number of imidazole rings is 1. The second kappa shape index (κ2) is 10.0. The number of para-hydroxylation sites is 1. The second-order valence-electron chi connectivity index (χ2n) is 7.62. The first-order chi connectivity index (χ1) is 15.2. The summed E-state index contributed by atoms with van der Waals surface area (Å²) >= 11 is 6.31. The molecule has 0 aliphatic carbocycles. The van der Waals surface area contributed by atoms with Gasteiger partial charge >= 0.3 is 5.69 Å². The Bertz CT molecular complexity index is 1220. The molecule has 1 aliphatic heterocycles. The fourth-order valence-electron chi connectivity index (χ4n) is 3.74. The largest absolute Gasteiger partial charge is 0.481 e. The van der Waals surface area contributed by atoms with Gasteiger partial charge in [-0.05, 0) is 12.1 Å². The molecule has 11 heteroatoms. The molecule has 172 valence electrons. The van der Waals surface area contributed by atoms with E-state index in [-0.39, 0.29) is 11.2 Å². The zero-order chi connectivity index (χ0) is 23.4. The Kier molecular flexibility index (Phi) is 7.37. The van der Waals surface area contributed by atoms with E-state index in [0.717, 1.165) is 54.9 Å². The number of aliphatic carboxylic acids is 1. The van der Waals surface area contributed by atoms with Gasteiger partial charge in [-0.2, -0.15) is 0 Å². The van der Waals surface area contributed by atoms with Crippen molar-refractivity contribution in [2.24, 2.45) is 14.1 Å². The summed E-state index contributed by atoms with van der Waals surface area (Å²) in [4.78, 5) is 42.5. The highest BCUT2D eigenvalue weighted by Gasteiger charge is 2.19. The van der Waals surface area contributed by atoms with E-state index in [1.165, 1.54) is 11.6 Å². The summed E-state index contributed by atoms with van der Waals surface area (Å²) in [5.74, 6) is -0.833. The summed E-state index contributed by atoms with van der Waals surface area (Å²) in [6.45, 7) is 6.21. The molecule has 0 unspecified atom stereocenters. The van der Waals surface area contributed by atoms with Crippen LogP contribution in [0.4, 0.5) is 5.69 Å². The van der Waals surface area contributed by atoms with Crippen LogP contribution in [0, 0.1) is 0 Å². The topological polar surface area (TPSA) is 106 Å². The van der Waals surface area contributed by atoms with Crippen LogP contribution in [0.2, 0.25) is 5.02 Å². The van der Waals surface area contributed by atoms with E-state index in [1.54, 1.807) is 13.4 Å². The first-order valence-corrected chi connectivity index (χ1v) is 10.6. The van der Waals surface area contributed by atoms with Crippen molar-refractivity contribution < 1.29 is 9.90 Å². The Morgan fingerprint density at radius 1 is 1.06 bits per heavy atom. The van der Waals surface area contributed by atoms with Gasteiger partial charge in [0.1, 0.15) is 0 Å². The van der Waals surface area contributed by atoms with Gasteiger partial charge in [-0.25, -0.2) is 9.78 Å². The SMILES string of the molecule is CC(=O)O.Cn1c(=O)c2c(ncn2CCN2CCN(c3ccccc3Cl)CC2)n(C)c1=O. The zero-order valence-corrected chi connectivity index (χ0v) is 19.1. The first-order valence-electron chi connectivity index (χ1n) is 10.2. The molecule has 32 heavy (non-hydrogen) atoms. The number of nitrogens with zero attached hydrogens (tertiary/aromatic N) is 6. The monoisotopic (exact) mass is 462 g/mol. The second-order valence-corrected chi connectivity index (χ2v) is 8.02. The maximum atomic E-state index is 12.5. The molecule has 3 aromatic rings. The van der Waals surface area contributed by atoms with Crippen LogP contribution < -0.4 is 16.1 Å². The Labute approximate surface area is 189 Å². The number of carboxylic acid groups (broad SMARTS) is 1. The van der Waals surface area contributed by atoms with Crippen LogP contribution in [-0.4, -0.2) is 67.4 Å². The number of aryl methyl sites for hydroxylation is 1. The molecule has 2 aromatic heterocycles. The van der Waals surface area contributed by atoms with Crippen LogP contribution >= 0.6 is 11.6 Å². The molecule has 4 rings (SSSR count). The van der Waals surface area contributed by atoms with E-state index in [2.05, 4.69) is 20.9 Å². The number of rotatable bonds is 4. The fraction of sp³-hybridized carbons (Fsp3) is 0.429. The minimum absolute atomic E-state index is 0.306. The third kappa shape index (κ3) is 5.03. The van der Waals surface area contributed by atoms with E-state index in [1.807, 2.05) is 22.8 Å². The standard InChI is InChI=1S/C19H23ClN6O2.C2H4O2/c1-22-17-16(18(27)23(2)19(22)28)26(13-21-17)12-9-24-7-10-25(11-8-24)15-6-4-3-5-14(15)20;1-2(3)4/h3-6,13H,7-12H2,1-2H3;1H3,(H,3,4). The van der Waals surface area contributed by atoms with Crippen molar-refractivity contribution in [1.82, 2.24) is 23.6 Å². The molecule has 1 fully saturated rings. The van der Waals surface area contributed by atoms with Crippen molar-refractivity contribution in [3.63, 3.8) is 0 Å². The fourth-order valence-corrected chi connectivity index (χ4v) is 3.99. The van der Waals surface area contributed by atoms with E-state index in [0.29, 0.717) is 17.7 Å². The van der Waals surface area contributed by atoms with Gasteiger partial charge < -0.3 is 14.6 Å². The lowest BCUT2D eigenvalue weighted by molar-refractivity contribution is -0.134. The van der Waals surface area contributed by atoms with Crippen molar-refractivity contribution in [3.05, 3.63) is 56.5 Å². The lowest BCUT2D eigenvalue weighted by atomic mass is 10.2. The third-order valence-corrected chi connectivity index (χ3v) is 5.76. The molecule has 0 bridgehead atoms. The van der Waals surface area contributed by atoms with Crippen LogP contribution in [0.3, 0.4) is 0 Å². The molecule has 0 spiro atoms. The number of fused-ring (bicyclic) bond motifs is 1. The van der Waals surface area contributed by atoms with Crippen LogP contribution in [0.15, 0.2) is 40.2 Å². The van der Waals surface area contributed by atoms with E-state index in [9.17, 15) is 9.59 Å². The summed E-state index contributed by atoms with van der Waals surface area (Å²) in [5.41, 5.74) is 1.31. The Balaban J connectivity index is 0.000000668. The van der Waals surface area contributed by atoms with Crippen molar-refractivity contribution in [1.29, 1.82) is 0 Å². The molecule has 3 heterocycles. The average Bonchev–Trinajstić information content (AvgIpc) is 3.19. The molecule has 0 amide bonds. The minimum Gasteiger partial charge on any atom is -0.481 e. The highest BCUT2D eigenvalue weighted by atomic mass is 35.5. The number of benzene rings is 1. The number of halogens is 1. The lowest BCUT2D eigenvalue weighted by Gasteiger charge is -2.36. The molecular weight excluding hydrogens is 436 g/mol. The molecule has 1 N–H and O–H groups in total. The molecular formula is C21H27ClN6O4. The highest BCUT2D eigenvalue weighted by molar-refractivity contribution is 6.33. The molecule has 0 saturated carbocycles. The molecule has 1 aromatic carbocycles. The van der Waals surface area contributed by atoms with Gasteiger partial charge in [0.2, 0.25) is 0 Å². The average molecular weight is 463 g/mol.